The van der Waals surface area contributed by atoms with Crippen molar-refractivity contribution in [2.75, 3.05) is 51.8 Å². The third-order valence-corrected chi connectivity index (χ3v) is 6.49. The number of carbonyl (C=O) groups is 1. The fourth-order valence-electron chi connectivity index (χ4n) is 4.27. The van der Waals surface area contributed by atoms with Crippen LogP contribution in [0, 0.1) is 5.82 Å². The van der Waals surface area contributed by atoms with E-state index in [1.165, 1.54) is 18.5 Å². The van der Waals surface area contributed by atoms with Gasteiger partial charge in [0.15, 0.2) is 11.5 Å². The van der Waals surface area contributed by atoms with E-state index in [-0.39, 0.29) is 17.2 Å². The van der Waals surface area contributed by atoms with Crippen LogP contribution in [-0.4, -0.2) is 78.4 Å². The highest BCUT2D eigenvalue weighted by atomic mass is 35.5. The van der Waals surface area contributed by atoms with Crippen LogP contribution in [-0.2, 0) is 4.74 Å². The zero-order valence-corrected chi connectivity index (χ0v) is 20.6. The number of halogens is 2. The van der Waals surface area contributed by atoms with E-state index in [1.54, 1.807) is 29.0 Å². The average molecular weight is 516 g/mol. The molecule has 0 spiro atoms. The van der Waals surface area contributed by atoms with Crippen molar-refractivity contribution in [3.05, 3.63) is 47.5 Å². The molecule has 3 aromatic rings. The summed E-state index contributed by atoms with van der Waals surface area (Å²) < 4.78 is 31.4. The van der Waals surface area contributed by atoms with Gasteiger partial charge in [-0.15, -0.1) is 0 Å². The number of aromatic nitrogens is 2. The third kappa shape index (κ3) is 5.39. The number of nitrogens with one attached hydrogen (secondary N) is 1. The molecule has 3 heterocycles. The number of hydrogen-bond donors (Lipinski definition) is 1. The molecule has 2 aromatic carbocycles. The Morgan fingerprint density at radius 2 is 2.11 bits per heavy atom. The average Bonchev–Trinajstić information content (AvgIpc) is 3.38. The number of benzene rings is 2. The van der Waals surface area contributed by atoms with Crippen LogP contribution in [0.5, 0.6) is 11.5 Å². The highest BCUT2D eigenvalue weighted by molar-refractivity contribution is 6.31. The van der Waals surface area contributed by atoms with Crippen molar-refractivity contribution < 1.29 is 23.4 Å². The molecule has 0 aliphatic carbocycles. The van der Waals surface area contributed by atoms with Crippen LogP contribution in [0.2, 0.25) is 5.02 Å². The lowest BCUT2D eigenvalue weighted by molar-refractivity contribution is 0.126. The number of urea groups is 1. The SMILES string of the molecule is CN1CCCN(CCOc2cc3ncnc(Nc4ccc(F)c(Cl)c4)c3cc2O[C@H]2CCOC2)C1=O. The van der Waals surface area contributed by atoms with Crippen LogP contribution in [0.1, 0.15) is 12.8 Å². The van der Waals surface area contributed by atoms with Crippen LogP contribution >= 0.6 is 11.6 Å². The summed E-state index contributed by atoms with van der Waals surface area (Å²) >= 11 is 5.94. The quantitative estimate of drug-likeness (QED) is 0.473. The van der Waals surface area contributed by atoms with E-state index in [9.17, 15) is 9.18 Å². The Hall–Kier alpha value is -3.37. The molecule has 2 amide bonds. The Morgan fingerprint density at radius 3 is 2.92 bits per heavy atom. The molecule has 36 heavy (non-hydrogen) atoms. The van der Waals surface area contributed by atoms with Gasteiger partial charge in [0.2, 0.25) is 0 Å². The van der Waals surface area contributed by atoms with Crippen molar-refractivity contribution in [3.63, 3.8) is 0 Å². The number of hydrogen-bond acceptors (Lipinski definition) is 7. The largest absolute Gasteiger partial charge is 0.488 e. The Balaban J connectivity index is 1.40. The second-order valence-corrected chi connectivity index (χ2v) is 9.20. The normalized spacial score (nSPS) is 18.1. The van der Waals surface area contributed by atoms with Gasteiger partial charge in [-0.25, -0.2) is 19.2 Å². The first-order valence-corrected chi connectivity index (χ1v) is 12.2. The van der Waals surface area contributed by atoms with Gasteiger partial charge < -0.3 is 29.3 Å². The predicted molar refractivity (Wildman–Crippen MR) is 134 cm³/mol. The molecule has 0 radical (unpaired) electrons. The molecule has 11 heteroatoms. The van der Waals surface area contributed by atoms with Gasteiger partial charge in [0.1, 0.15) is 30.7 Å². The first kappa shape index (κ1) is 24.3. The van der Waals surface area contributed by atoms with Crippen molar-refractivity contribution >= 4 is 40.0 Å². The minimum absolute atomic E-state index is 0.00675. The summed E-state index contributed by atoms with van der Waals surface area (Å²) in [6, 6.07) is 8.01. The van der Waals surface area contributed by atoms with Gasteiger partial charge >= 0.3 is 6.03 Å². The van der Waals surface area contributed by atoms with Crippen molar-refractivity contribution in [1.82, 2.24) is 19.8 Å². The van der Waals surface area contributed by atoms with E-state index in [0.29, 0.717) is 66.8 Å². The summed E-state index contributed by atoms with van der Waals surface area (Å²) in [6.07, 6.45) is 3.04. The molecular weight excluding hydrogens is 489 g/mol. The molecule has 0 unspecified atom stereocenters. The predicted octanol–water partition coefficient (Wildman–Crippen LogP) is 4.47. The van der Waals surface area contributed by atoms with Gasteiger partial charge in [0, 0.05) is 43.7 Å². The second kappa shape index (κ2) is 10.7. The zero-order chi connectivity index (χ0) is 25.1. The lowest BCUT2D eigenvalue weighted by Gasteiger charge is -2.33. The number of anilines is 2. The number of nitrogens with zero attached hydrogens (tertiary/aromatic N) is 4. The Kier molecular flexibility index (Phi) is 7.24. The second-order valence-electron chi connectivity index (χ2n) is 8.79. The molecule has 0 saturated carbocycles. The van der Waals surface area contributed by atoms with Gasteiger partial charge in [-0.3, -0.25) is 0 Å². The summed E-state index contributed by atoms with van der Waals surface area (Å²) in [5, 5.41) is 3.89. The topological polar surface area (TPSA) is 89.1 Å². The minimum Gasteiger partial charge on any atom is -0.488 e. The number of rotatable bonds is 8. The molecule has 9 nitrogen and oxygen atoms in total. The maximum absolute atomic E-state index is 13.6. The van der Waals surface area contributed by atoms with E-state index in [0.717, 1.165) is 19.4 Å². The molecule has 190 valence electrons. The molecule has 1 aromatic heterocycles. The van der Waals surface area contributed by atoms with Crippen LogP contribution in [0.25, 0.3) is 10.9 Å². The highest BCUT2D eigenvalue weighted by Gasteiger charge is 2.24. The van der Waals surface area contributed by atoms with E-state index in [2.05, 4.69) is 15.3 Å². The first-order valence-electron chi connectivity index (χ1n) is 11.9. The zero-order valence-electron chi connectivity index (χ0n) is 19.9. The highest BCUT2D eigenvalue weighted by Crippen LogP contribution is 2.36. The van der Waals surface area contributed by atoms with Crippen molar-refractivity contribution in [3.8, 4) is 11.5 Å². The van der Waals surface area contributed by atoms with Crippen LogP contribution in [0.3, 0.4) is 0 Å². The summed E-state index contributed by atoms with van der Waals surface area (Å²) in [6.45, 7) is 3.39. The smallest absolute Gasteiger partial charge is 0.319 e. The van der Waals surface area contributed by atoms with Gasteiger partial charge in [-0.1, -0.05) is 11.6 Å². The van der Waals surface area contributed by atoms with Crippen molar-refractivity contribution in [1.29, 1.82) is 0 Å². The van der Waals surface area contributed by atoms with Crippen LogP contribution in [0.4, 0.5) is 20.7 Å². The maximum Gasteiger partial charge on any atom is 0.319 e. The van der Waals surface area contributed by atoms with Gasteiger partial charge in [0.25, 0.3) is 0 Å². The molecule has 2 fully saturated rings. The maximum atomic E-state index is 13.6. The van der Waals surface area contributed by atoms with Crippen molar-refractivity contribution in [2.24, 2.45) is 0 Å². The fraction of sp³-hybridized carbons (Fsp3) is 0.400. The summed E-state index contributed by atoms with van der Waals surface area (Å²) in [7, 11) is 1.81. The Labute approximate surface area is 213 Å². The lowest BCUT2D eigenvalue weighted by Crippen LogP contribution is -2.48. The molecule has 2 aliphatic rings. The molecule has 1 atom stereocenters. The number of fused-ring (bicyclic) bond motifs is 1. The molecule has 2 aliphatic heterocycles. The van der Waals surface area contributed by atoms with Gasteiger partial charge in [-0.2, -0.15) is 0 Å². The fourth-order valence-corrected chi connectivity index (χ4v) is 4.45. The van der Waals surface area contributed by atoms with Crippen LogP contribution in [0.15, 0.2) is 36.7 Å². The molecule has 5 rings (SSSR count). The number of carbonyl (C=O) groups excluding carboxylic acids is 1. The Morgan fingerprint density at radius 1 is 1.22 bits per heavy atom. The summed E-state index contributed by atoms with van der Waals surface area (Å²) in [4.78, 5) is 24.6. The summed E-state index contributed by atoms with van der Waals surface area (Å²) in [5.41, 5.74) is 1.23. The lowest BCUT2D eigenvalue weighted by atomic mass is 10.2. The minimum atomic E-state index is -0.496. The van der Waals surface area contributed by atoms with Gasteiger partial charge in [0.05, 0.1) is 30.3 Å². The Bertz CT molecular complexity index is 1260. The van der Waals surface area contributed by atoms with Gasteiger partial charge in [-0.05, 0) is 30.7 Å². The molecule has 1 N–H and O–H groups in total. The van der Waals surface area contributed by atoms with E-state index >= 15 is 0 Å². The van der Waals surface area contributed by atoms with E-state index in [4.69, 9.17) is 25.8 Å². The first-order chi connectivity index (χ1) is 17.5. The van der Waals surface area contributed by atoms with Crippen molar-refractivity contribution in [2.45, 2.75) is 18.9 Å². The molecule has 2 saturated heterocycles. The standard InChI is InChI=1S/C25H27ClFN5O4/c1-31-6-2-7-32(25(31)33)8-10-35-22-13-21-18(12-23(22)36-17-5-9-34-14-17)24(29-15-28-21)30-16-3-4-20(27)19(26)11-16/h3-4,11-13,15,17H,2,5-10,14H2,1H3,(H,28,29,30)/t17-/m0/s1. The van der Waals surface area contributed by atoms with E-state index < -0.39 is 5.82 Å². The van der Waals surface area contributed by atoms with Crippen LogP contribution < -0.4 is 14.8 Å². The third-order valence-electron chi connectivity index (χ3n) is 6.20. The number of amides is 2. The monoisotopic (exact) mass is 515 g/mol. The number of ether oxygens (including phenoxy) is 3. The molecular formula is C25H27ClFN5O4. The molecule has 0 bridgehead atoms. The van der Waals surface area contributed by atoms with E-state index in [1.807, 2.05) is 6.07 Å². The summed E-state index contributed by atoms with van der Waals surface area (Å²) in [5.74, 6) is 1.09.